The Morgan fingerprint density at radius 3 is 2.58 bits per heavy atom. The van der Waals surface area contributed by atoms with Crippen molar-refractivity contribution in [1.29, 1.82) is 0 Å². The van der Waals surface area contributed by atoms with Crippen LogP contribution in [0.3, 0.4) is 0 Å². The Balaban J connectivity index is 1.63. The normalized spacial score (nSPS) is 19.0. The third kappa shape index (κ3) is 4.88. The molecule has 2 aliphatic heterocycles. The summed E-state index contributed by atoms with van der Waals surface area (Å²) in [6, 6.07) is 12.0. The molecule has 4 rings (SSSR count). The van der Waals surface area contributed by atoms with Gasteiger partial charge in [0.2, 0.25) is 0 Å². The average Bonchev–Trinajstić information content (AvgIpc) is 3.13. The highest BCUT2D eigenvalue weighted by Gasteiger charge is 2.25. The van der Waals surface area contributed by atoms with Crippen molar-refractivity contribution < 1.29 is 14.5 Å². The van der Waals surface area contributed by atoms with Crippen molar-refractivity contribution in [3.63, 3.8) is 0 Å². The van der Waals surface area contributed by atoms with Crippen LogP contribution in [0.1, 0.15) is 24.8 Å². The summed E-state index contributed by atoms with van der Waals surface area (Å²) in [5, 5.41) is 14.5. The quantitative estimate of drug-likeness (QED) is 0.420. The fraction of sp³-hybridized carbons (Fsp3) is 0.273. The van der Waals surface area contributed by atoms with Gasteiger partial charge in [0, 0.05) is 36.5 Å². The molecule has 0 spiro atoms. The predicted molar refractivity (Wildman–Crippen MR) is 123 cm³/mol. The van der Waals surface area contributed by atoms with E-state index in [0.717, 1.165) is 37.4 Å². The van der Waals surface area contributed by atoms with Crippen molar-refractivity contribution in [2.24, 2.45) is 4.99 Å². The van der Waals surface area contributed by atoms with E-state index in [0.29, 0.717) is 21.3 Å². The van der Waals surface area contributed by atoms with E-state index in [1.807, 2.05) is 0 Å². The SMILES string of the molecule is COc1ccc(N=C2NC(=O)/C(=C/c3cc([N+](=O)[O-])ccc3N3CCCCC3)S2)cc1. The number of carbonyl (C=O) groups excluding carboxylic acids is 1. The number of hydrogen-bond acceptors (Lipinski definition) is 7. The highest BCUT2D eigenvalue weighted by atomic mass is 32.2. The molecule has 0 bridgehead atoms. The zero-order valence-electron chi connectivity index (χ0n) is 17.0. The lowest BCUT2D eigenvalue weighted by atomic mass is 10.1. The molecule has 0 aliphatic carbocycles. The molecule has 2 saturated heterocycles. The van der Waals surface area contributed by atoms with Gasteiger partial charge in [0.25, 0.3) is 11.6 Å². The molecule has 2 fully saturated rings. The van der Waals surface area contributed by atoms with Crippen molar-refractivity contribution in [2.45, 2.75) is 19.3 Å². The second-order valence-corrected chi connectivity index (χ2v) is 8.26. The number of ether oxygens (including phenoxy) is 1. The first-order valence-corrected chi connectivity index (χ1v) is 10.8. The summed E-state index contributed by atoms with van der Waals surface area (Å²) in [5.74, 6) is 0.455. The lowest BCUT2D eigenvalue weighted by Gasteiger charge is -2.30. The van der Waals surface area contributed by atoms with Crippen LogP contribution in [0, 0.1) is 10.1 Å². The van der Waals surface area contributed by atoms with E-state index in [9.17, 15) is 14.9 Å². The number of amides is 1. The molecule has 1 amide bonds. The number of hydrogen-bond donors (Lipinski definition) is 1. The maximum absolute atomic E-state index is 12.5. The fourth-order valence-corrected chi connectivity index (χ4v) is 4.42. The van der Waals surface area contributed by atoms with E-state index in [4.69, 9.17) is 4.74 Å². The number of thioether (sulfide) groups is 1. The minimum absolute atomic E-state index is 0.00291. The molecule has 0 atom stereocenters. The molecule has 0 radical (unpaired) electrons. The molecule has 0 saturated carbocycles. The molecule has 9 heteroatoms. The second kappa shape index (κ2) is 9.22. The number of non-ortho nitro benzene ring substituents is 1. The summed E-state index contributed by atoms with van der Waals surface area (Å²) >= 11 is 1.22. The van der Waals surface area contributed by atoms with Gasteiger partial charge >= 0.3 is 0 Å². The van der Waals surface area contributed by atoms with Gasteiger partial charge in [-0.1, -0.05) is 0 Å². The maximum Gasteiger partial charge on any atom is 0.270 e. The molecule has 0 aromatic heterocycles. The number of methoxy groups -OCH3 is 1. The summed E-state index contributed by atoms with van der Waals surface area (Å²) in [6.07, 6.45) is 5.07. The number of carbonyl (C=O) groups is 1. The molecule has 8 nitrogen and oxygen atoms in total. The second-order valence-electron chi connectivity index (χ2n) is 7.23. The molecule has 2 aromatic carbocycles. The first-order valence-electron chi connectivity index (χ1n) is 10.0. The average molecular weight is 439 g/mol. The summed E-state index contributed by atoms with van der Waals surface area (Å²) in [5.41, 5.74) is 2.27. The van der Waals surface area contributed by atoms with Gasteiger partial charge in [-0.3, -0.25) is 14.9 Å². The van der Waals surface area contributed by atoms with Crippen LogP contribution in [0.2, 0.25) is 0 Å². The summed E-state index contributed by atoms with van der Waals surface area (Å²) in [7, 11) is 1.59. The number of nitro groups is 1. The molecule has 2 aliphatic rings. The van der Waals surface area contributed by atoms with Gasteiger partial charge in [-0.15, -0.1) is 0 Å². The maximum atomic E-state index is 12.5. The van der Waals surface area contributed by atoms with Crippen LogP contribution in [0.4, 0.5) is 17.1 Å². The fourth-order valence-electron chi connectivity index (χ4n) is 3.59. The molecular formula is C22H22N4O4S. The van der Waals surface area contributed by atoms with Crippen molar-refractivity contribution in [3.05, 3.63) is 63.0 Å². The first kappa shape index (κ1) is 20.9. The molecule has 1 N–H and O–H groups in total. The van der Waals surface area contributed by atoms with E-state index in [1.165, 1.54) is 30.3 Å². The van der Waals surface area contributed by atoms with Crippen LogP contribution < -0.4 is 15.0 Å². The summed E-state index contributed by atoms with van der Waals surface area (Å²) in [6.45, 7) is 1.80. The van der Waals surface area contributed by atoms with E-state index in [1.54, 1.807) is 43.5 Å². The molecular weight excluding hydrogens is 416 g/mol. The smallest absolute Gasteiger partial charge is 0.270 e. The van der Waals surface area contributed by atoms with Crippen molar-refractivity contribution in [3.8, 4) is 5.75 Å². The Kier molecular flexibility index (Phi) is 6.22. The van der Waals surface area contributed by atoms with Crippen LogP contribution in [-0.2, 0) is 4.79 Å². The molecule has 31 heavy (non-hydrogen) atoms. The summed E-state index contributed by atoms with van der Waals surface area (Å²) < 4.78 is 5.14. The Hall–Kier alpha value is -3.33. The minimum atomic E-state index is -0.416. The van der Waals surface area contributed by atoms with Crippen molar-refractivity contribution in [2.75, 3.05) is 25.1 Å². The highest BCUT2D eigenvalue weighted by molar-refractivity contribution is 8.18. The standard InChI is InChI=1S/C22H22N4O4S/c1-30-18-8-5-16(6-9-18)23-22-24-21(27)20(31-22)14-15-13-17(26(28)29)7-10-19(15)25-11-3-2-4-12-25/h5-10,13-14H,2-4,11-12H2,1H3,(H,23,24,27)/b20-14-. The van der Waals surface area contributed by atoms with Crippen LogP contribution >= 0.6 is 11.8 Å². The van der Waals surface area contributed by atoms with Crippen LogP contribution in [0.5, 0.6) is 5.75 Å². The van der Waals surface area contributed by atoms with Gasteiger partial charge < -0.3 is 15.0 Å². The largest absolute Gasteiger partial charge is 0.497 e. The van der Waals surface area contributed by atoms with Gasteiger partial charge in [0.15, 0.2) is 5.17 Å². The Bertz CT molecular complexity index is 1060. The van der Waals surface area contributed by atoms with Gasteiger partial charge in [-0.05, 0) is 67.4 Å². The predicted octanol–water partition coefficient (Wildman–Crippen LogP) is 4.49. The number of anilines is 1. The zero-order chi connectivity index (χ0) is 21.8. The number of piperidine rings is 1. The Morgan fingerprint density at radius 1 is 1.16 bits per heavy atom. The van der Waals surface area contributed by atoms with Gasteiger partial charge in [0.1, 0.15) is 5.75 Å². The zero-order valence-corrected chi connectivity index (χ0v) is 17.9. The highest BCUT2D eigenvalue weighted by Crippen LogP contribution is 2.34. The molecule has 0 unspecified atom stereocenters. The number of nitro benzene ring substituents is 1. The van der Waals surface area contributed by atoms with Gasteiger partial charge in [-0.25, -0.2) is 4.99 Å². The number of nitrogens with one attached hydrogen (secondary N) is 1. The summed E-state index contributed by atoms with van der Waals surface area (Å²) in [4.78, 5) is 30.6. The monoisotopic (exact) mass is 438 g/mol. The number of rotatable bonds is 5. The van der Waals surface area contributed by atoms with E-state index in [-0.39, 0.29) is 11.6 Å². The number of amidine groups is 1. The number of benzene rings is 2. The molecule has 2 heterocycles. The molecule has 2 aromatic rings. The number of nitrogens with zero attached hydrogens (tertiary/aromatic N) is 3. The van der Waals surface area contributed by atoms with Crippen LogP contribution in [0.25, 0.3) is 6.08 Å². The van der Waals surface area contributed by atoms with Crippen molar-refractivity contribution >= 4 is 46.0 Å². The minimum Gasteiger partial charge on any atom is -0.497 e. The van der Waals surface area contributed by atoms with E-state index >= 15 is 0 Å². The van der Waals surface area contributed by atoms with Gasteiger partial charge in [0.05, 0.1) is 22.6 Å². The Morgan fingerprint density at radius 2 is 1.90 bits per heavy atom. The lowest BCUT2D eigenvalue weighted by Crippen LogP contribution is -2.30. The Labute approximate surface area is 184 Å². The van der Waals surface area contributed by atoms with Crippen LogP contribution in [-0.4, -0.2) is 36.2 Å². The van der Waals surface area contributed by atoms with E-state index < -0.39 is 4.92 Å². The van der Waals surface area contributed by atoms with Crippen molar-refractivity contribution in [1.82, 2.24) is 5.32 Å². The third-order valence-corrected chi connectivity index (χ3v) is 6.07. The third-order valence-electron chi connectivity index (χ3n) is 5.16. The topological polar surface area (TPSA) is 97.1 Å². The molecule has 160 valence electrons. The van der Waals surface area contributed by atoms with E-state index in [2.05, 4.69) is 15.2 Å². The lowest BCUT2D eigenvalue weighted by molar-refractivity contribution is -0.384. The number of aliphatic imine (C=N–C) groups is 1. The van der Waals surface area contributed by atoms with Gasteiger partial charge in [-0.2, -0.15) is 0 Å². The van der Waals surface area contributed by atoms with Crippen LogP contribution in [0.15, 0.2) is 52.4 Å². The first-order chi connectivity index (χ1) is 15.0.